The molecule has 0 aliphatic rings. The fourth-order valence-electron chi connectivity index (χ4n) is 2.56. The first-order valence-electron chi connectivity index (χ1n) is 8.30. The van der Waals surface area contributed by atoms with Gasteiger partial charge in [0.1, 0.15) is 0 Å². The van der Waals surface area contributed by atoms with Crippen LogP contribution in [-0.2, 0) is 11.3 Å². The summed E-state index contributed by atoms with van der Waals surface area (Å²) in [6.07, 6.45) is 2.65. The van der Waals surface area contributed by atoms with Crippen molar-refractivity contribution in [2.75, 3.05) is 19.4 Å². The predicted molar refractivity (Wildman–Crippen MR) is 102 cm³/mol. The SMILES string of the molecule is CC/C(=C\c1cccc(C)c1)C(=O)Nc1ccc(CN(C)C)cc1. The molecule has 0 saturated heterocycles. The van der Waals surface area contributed by atoms with Crippen LogP contribution in [0.5, 0.6) is 0 Å². The van der Waals surface area contributed by atoms with E-state index in [0.29, 0.717) is 6.42 Å². The second-order valence-electron chi connectivity index (χ2n) is 6.33. The van der Waals surface area contributed by atoms with Crippen molar-refractivity contribution in [2.24, 2.45) is 0 Å². The Balaban J connectivity index is 2.09. The minimum Gasteiger partial charge on any atom is -0.322 e. The van der Waals surface area contributed by atoms with Crippen molar-refractivity contribution in [3.8, 4) is 0 Å². The van der Waals surface area contributed by atoms with Crippen LogP contribution in [0.4, 0.5) is 5.69 Å². The normalized spacial score (nSPS) is 11.6. The van der Waals surface area contributed by atoms with E-state index in [0.717, 1.165) is 23.4 Å². The van der Waals surface area contributed by atoms with Crippen LogP contribution in [0.15, 0.2) is 54.1 Å². The lowest BCUT2D eigenvalue weighted by molar-refractivity contribution is -0.112. The second-order valence-corrected chi connectivity index (χ2v) is 6.33. The number of hydrogen-bond acceptors (Lipinski definition) is 2. The van der Waals surface area contributed by atoms with Gasteiger partial charge in [-0.15, -0.1) is 0 Å². The Hall–Kier alpha value is -2.39. The van der Waals surface area contributed by atoms with Gasteiger partial charge in [-0.05, 0) is 56.8 Å². The quantitative estimate of drug-likeness (QED) is 0.795. The van der Waals surface area contributed by atoms with Crippen LogP contribution < -0.4 is 5.32 Å². The highest BCUT2D eigenvalue weighted by molar-refractivity contribution is 6.06. The van der Waals surface area contributed by atoms with Gasteiger partial charge in [-0.25, -0.2) is 0 Å². The van der Waals surface area contributed by atoms with Gasteiger partial charge in [0.25, 0.3) is 5.91 Å². The summed E-state index contributed by atoms with van der Waals surface area (Å²) >= 11 is 0. The van der Waals surface area contributed by atoms with Gasteiger partial charge >= 0.3 is 0 Å². The Morgan fingerprint density at radius 1 is 1.12 bits per heavy atom. The van der Waals surface area contributed by atoms with E-state index < -0.39 is 0 Å². The highest BCUT2D eigenvalue weighted by atomic mass is 16.1. The molecule has 0 atom stereocenters. The molecular weight excluding hydrogens is 296 g/mol. The van der Waals surface area contributed by atoms with E-state index in [1.165, 1.54) is 11.1 Å². The predicted octanol–water partition coefficient (Wildman–Crippen LogP) is 4.49. The van der Waals surface area contributed by atoms with Crippen LogP contribution in [0.3, 0.4) is 0 Å². The Morgan fingerprint density at radius 3 is 2.42 bits per heavy atom. The molecule has 0 unspecified atom stereocenters. The van der Waals surface area contributed by atoms with Crippen molar-refractivity contribution >= 4 is 17.7 Å². The monoisotopic (exact) mass is 322 g/mol. The average molecular weight is 322 g/mol. The molecule has 0 bridgehead atoms. The molecule has 126 valence electrons. The molecule has 24 heavy (non-hydrogen) atoms. The summed E-state index contributed by atoms with van der Waals surface area (Å²) in [4.78, 5) is 14.6. The first-order valence-corrected chi connectivity index (χ1v) is 8.30. The van der Waals surface area contributed by atoms with Gasteiger partial charge in [0.2, 0.25) is 0 Å². The molecule has 3 heteroatoms. The largest absolute Gasteiger partial charge is 0.322 e. The highest BCUT2D eigenvalue weighted by Crippen LogP contribution is 2.16. The zero-order valence-electron chi connectivity index (χ0n) is 15.0. The van der Waals surface area contributed by atoms with Gasteiger partial charge in [-0.1, -0.05) is 48.9 Å². The molecule has 0 radical (unpaired) electrons. The molecule has 0 saturated carbocycles. The van der Waals surface area contributed by atoms with E-state index in [1.54, 1.807) is 0 Å². The van der Waals surface area contributed by atoms with E-state index in [2.05, 4.69) is 29.3 Å². The first-order chi connectivity index (χ1) is 11.5. The molecule has 1 amide bonds. The van der Waals surface area contributed by atoms with Crippen molar-refractivity contribution < 1.29 is 4.79 Å². The Labute approximate surface area is 145 Å². The van der Waals surface area contributed by atoms with Crippen LogP contribution in [0.1, 0.15) is 30.0 Å². The van der Waals surface area contributed by atoms with Crippen molar-refractivity contribution in [3.05, 3.63) is 70.8 Å². The van der Waals surface area contributed by atoms with E-state index in [1.807, 2.05) is 63.5 Å². The number of amides is 1. The number of carbonyl (C=O) groups is 1. The molecule has 0 fully saturated rings. The molecule has 2 aromatic rings. The Morgan fingerprint density at radius 2 is 1.83 bits per heavy atom. The average Bonchev–Trinajstić information content (AvgIpc) is 2.54. The van der Waals surface area contributed by atoms with Gasteiger partial charge in [0.05, 0.1) is 0 Å². The van der Waals surface area contributed by atoms with Crippen molar-refractivity contribution in [2.45, 2.75) is 26.8 Å². The minimum atomic E-state index is -0.0423. The van der Waals surface area contributed by atoms with Crippen molar-refractivity contribution in [1.82, 2.24) is 4.90 Å². The molecular formula is C21H26N2O. The Bertz CT molecular complexity index is 715. The lowest BCUT2D eigenvalue weighted by Crippen LogP contribution is -2.14. The van der Waals surface area contributed by atoms with Crippen LogP contribution in [-0.4, -0.2) is 24.9 Å². The van der Waals surface area contributed by atoms with Crippen LogP contribution in [0, 0.1) is 6.92 Å². The van der Waals surface area contributed by atoms with Crippen LogP contribution in [0.25, 0.3) is 6.08 Å². The van der Waals surface area contributed by atoms with Crippen molar-refractivity contribution in [3.63, 3.8) is 0 Å². The summed E-state index contributed by atoms with van der Waals surface area (Å²) in [5.74, 6) is -0.0423. The lowest BCUT2D eigenvalue weighted by Gasteiger charge is -2.11. The smallest absolute Gasteiger partial charge is 0.251 e. The van der Waals surface area contributed by atoms with Gasteiger partial charge in [0, 0.05) is 17.8 Å². The maximum absolute atomic E-state index is 12.5. The number of carbonyl (C=O) groups excluding carboxylic acids is 1. The maximum atomic E-state index is 12.5. The van der Waals surface area contributed by atoms with Crippen LogP contribution >= 0.6 is 0 Å². The third kappa shape index (κ3) is 5.36. The van der Waals surface area contributed by atoms with E-state index in [4.69, 9.17) is 0 Å². The van der Waals surface area contributed by atoms with Gasteiger partial charge in [-0.3, -0.25) is 4.79 Å². The highest BCUT2D eigenvalue weighted by Gasteiger charge is 2.08. The molecule has 0 aliphatic heterocycles. The van der Waals surface area contributed by atoms with Crippen molar-refractivity contribution in [1.29, 1.82) is 0 Å². The molecule has 0 heterocycles. The number of nitrogens with one attached hydrogen (secondary N) is 1. The summed E-state index contributed by atoms with van der Waals surface area (Å²) in [6.45, 7) is 4.95. The second kappa shape index (κ2) is 8.46. The van der Waals surface area contributed by atoms with E-state index >= 15 is 0 Å². The summed E-state index contributed by atoms with van der Waals surface area (Å²) in [5, 5.41) is 2.99. The first kappa shape index (κ1) is 18.0. The molecule has 0 aliphatic carbocycles. The number of anilines is 1. The van der Waals surface area contributed by atoms with Gasteiger partial charge in [-0.2, -0.15) is 0 Å². The number of rotatable bonds is 6. The van der Waals surface area contributed by atoms with Gasteiger partial charge < -0.3 is 10.2 Å². The summed E-state index contributed by atoms with van der Waals surface area (Å²) in [5.41, 5.74) is 5.08. The summed E-state index contributed by atoms with van der Waals surface area (Å²) in [6, 6.07) is 16.2. The number of hydrogen-bond donors (Lipinski definition) is 1. The Kier molecular flexibility index (Phi) is 6.33. The molecule has 1 N–H and O–H groups in total. The number of aryl methyl sites for hydroxylation is 1. The molecule has 2 rings (SSSR count). The maximum Gasteiger partial charge on any atom is 0.251 e. The lowest BCUT2D eigenvalue weighted by atomic mass is 10.1. The summed E-state index contributed by atoms with van der Waals surface area (Å²) < 4.78 is 0. The molecule has 3 nitrogen and oxygen atoms in total. The molecule has 2 aromatic carbocycles. The third-order valence-electron chi connectivity index (χ3n) is 3.77. The van der Waals surface area contributed by atoms with E-state index in [9.17, 15) is 4.79 Å². The zero-order chi connectivity index (χ0) is 17.5. The topological polar surface area (TPSA) is 32.3 Å². The van der Waals surface area contributed by atoms with Crippen LogP contribution in [0.2, 0.25) is 0 Å². The summed E-state index contributed by atoms with van der Waals surface area (Å²) in [7, 11) is 4.08. The van der Waals surface area contributed by atoms with Gasteiger partial charge in [0.15, 0.2) is 0 Å². The molecule has 0 aromatic heterocycles. The number of nitrogens with zero attached hydrogens (tertiary/aromatic N) is 1. The fraction of sp³-hybridized carbons (Fsp3) is 0.286. The standard InChI is InChI=1S/C21H26N2O/c1-5-19(14-18-8-6-7-16(2)13-18)21(24)22-20-11-9-17(10-12-20)15-23(3)4/h6-14H,5,15H2,1-4H3,(H,22,24)/b19-14+. The number of benzene rings is 2. The minimum absolute atomic E-state index is 0.0423. The third-order valence-corrected chi connectivity index (χ3v) is 3.77. The zero-order valence-corrected chi connectivity index (χ0v) is 15.0. The fourth-order valence-corrected chi connectivity index (χ4v) is 2.56. The molecule has 0 spiro atoms. The van der Waals surface area contributed by atoms with E-state index in [-0.39, 0.29) is 5.91 Å².